The van der Waals surface area contributed by atoms with Crippen molar-refractivity contribution in [1.29, 1.82) is 0 Å². The molecule has 8 N–H and O–H groups in total. The molecule has 6 fully saturated rings. The van der Waals surface area contributed by atoms with E-state index in [9.17, 15) is 60.0 Å². The molecule has 4 saturated carbocycles. The topological polar surface area (TPSA) is 267 Å². The molecular weight excluding hydrogens is 760 g/mol. The van der Waals surface area contributed by atoms with Gasteiger partial charge in [0.1, 0.15) is 36.6 Å². The standard InChI is InChI=1S/C42H62O16/c1-37(2)21-8-11-42(7)31(20(43)16-18-19-17-39(4,36(53)54)13-12-38(19,3)14-15-41(18,42)6)40(21,5)10-9-22(37)55-35-30(26(47)25(46)29(57-35)33(51)52)58-34-27(48)23(44)24(45)28(56-34)32(49)50/h16,19,21-31,34-35,44-48H,8-15,17H2,1-7H3,(H,49,50)(H,51,52)(H,53,54)/t19-,21?,22-,23-,24-,25-,26-,27+,28-,29-,30+,31?,34+,35-,38+,39-,40-,41+,42+/m0/s1. The molecule has 0 bridgehead atoms. The minimum atomic E-state index is -2.05. The number of aliphatic carboxylic acids is 3. The SMILES string of the molecule is CC1(C)C2CC[C@]3(C)C(C(=O)C=C4[C@@H]5C[C@@](C)(C(=O)O)CC[C@]5(C)CC[C@]43C)[C@@]2(C)CC[C@@H]1O[C@H]1O[C@H](C(=O)O)[C@@H](O)[C@H](O)[C@H]1O[C@H]1O[C@H](C(=O)O)[C@@H](O)[C@H](O)[C@H]1O. The first-order chi connectivity index (χ1) is 26.8. The number of ether oxygens (including phenoxy) is 4. The Bertz CT molecular complexity index is 1730. The third-order valence-electron chi connectivity index (χ3n) is 17.2. The first-order valence-corrected chi connectivity index (χ1v) is 20.7. The van der Waals surface area contributed by atoms with Gasteiger partial charge >= 0.3 is 17.9 Å². The predicted octanol–water partition coefficient (Wildman–Crippen LogP) is 2.25. The van der Waals surface area contributed by atoms with Crippen LogP contribution >= 0.6 is 0 Å². The van der Waals surface area contributed by atoms with Crippen molar-refractivity contribution in [3.8, 4) is 0 Å². The van der Waals surface area contributed by atoms with Crippen molar-refractivity contribution in [3.05, 3.63) is 11.6 Å². The first-order valence-electron chi connectivity index (χ1n) is 20.7. The molecule has 7 aliphatic rings. The number of hydrogen-bond acceptors (Lipinski definition) is 13. The average molecular weight is 823 g/mol. The molecular formula is C42H62O16. The molecule has 2 unspecified atom stereocenters. The lowest BCUT2D eigenvalue weighted by molar-refractivity contribution is -0.371. The van der Waals surface area contributed by atoms with Crippen LogP contribution in [0.15, 0.2) is 11.6 Å². The van der Waals surface area contributed by atoms with Crippen LogP contribution in [-0.4, -0.2) is 132 Å². The largest absolute Gasteiger partial charge is 0.481 e. The summed E-state index contributed by atoms with van der Waals surface area (Å²) in [6.07, 6.45) is -12.2. The van der Waals surface area contributed by atoms with Gasteiger partial charge in [-0.1, -0.05) is 47.1 Å². The lowest BCUT2D eigenvalue weighted by Gasteiger charge is -2.70. The Morgan fingerprint density at radius 3 is 1.88 bits per heavy atom. The number of aliphatic hydroxyl groups excluding tert-OH is 5. The molecule has 0 aromatic heterocycles. The highest BCUT2D eigenvalue weighted by atomic mass is 16.8. The highest BCUT2D eigenvalue weighted by Gasteiger charge is 2.71. The lowest BCUT2D eigenvalue weighted by Crippen LogP contribution is -2.68. The molecule has 16 nitrogen and oxygen atoms in total. The summed E-state index contributed by atoms with van der Waals surface area (Å²) in [5.74, 6) is -4.47. The van der Waals surface area contributed by atoms with Gasteiger partial charge in [0.05, 0.1) is 11.5 Å². The molecule has 2 aliphatic heterocycles. The second-order valence-corrected chi connectivity index (χ2v) is 20.6. The fraction of sp³-hybridized carbons (Fsp3) is 0.857. The summed E-state index contributed by atoms with van der Waals surface area (Å²) in [5.41, 5.74) is -1.81. The van der Waals surface area contributed by atoms with Gasteiger partial charge in [-0.25, -0.2) is 9.59 Å². The molecule has 326 valence electrons. The van der Waals surface area contributed by atoms with Crippen molar-refractivity contribution in [2.75, 3.05) is 0 Å². The number of rotatable bonds is 7. The molecule has 0 aromatic rings. The monoisotopic (exact) mass is 822 g/mol. The van der Waals surface area contributed by atoms with Crippen LogP contribution in [0.25, 0.3) is 0 Å². The van der Waals surface area contributed by atoms with Gasteiger partial charge in [-0.3, -0.25) is 9.59 Å². The Labute approximate surface area is 337 Å². The summed E-state index contributed by atoms with van der Waals surface area (Å²) >= 11 is 0. The number of fused-ring (bicyclic) bond motifs is 7. The summed E-state index contributed by atoms with van der Waals surface area (Å²) in [6, 6.07) is 0. The van der Waals surface area contributed by atoms with Crippen LogP contribution < -0.4 is 0 Å². The number of aliphatic hydroxyl groups is 5. The summed E-state index contributed by atoms with van der Waals surface area (Å²) in [4.78, 5) is 51.3. The van der Waals surface area contributed by atoms with Gasteiger partial charge in [-0.15, -0.1) is 0 Å². The van der Waals surface area contributed by atoms with Crippen LogP contribution in [-0.2, 0) is 38.1 Å². The van der Waals surface area contributed by atoms with Gasteiger partial charge in [0.25, 0.3) is 0 Å². The van der Waals surface area contributed by atoms with E-state index in [1.54, 1.807) is 0 Å². The van der Waals surface area contributed by atoms with Gasteiger partial charge in [0.2, 0.25) is 0 Å². The zero-order valence-electron chi connectivity index (χ0n) is 34.4. The van der Waals surface area contributed by atoms with E-state index in [4.69, 9.17) is 18.9 Å². The lowest BCUT2D eigenvalue weighted by atomic mass is 9.33. The second-order valence-electron chi connectivity index (χ2n) is 20.6. The molecule has 2 saturated heterocycles. The van der Waals surface area contributed by atoms with Gasteiger partial charge in [-0.05, 0) is 110 Å². The molecule has 5 aliphatic carbocycles. The number of carbonyl (C=O) groups excluding carboxylic acids is 1. The van der Waals surface area contributed by atoms with Crippen molar-refractivity contribution < 1.29 is 79.0 Å². The van der Waals surface area contributed by atoms with Crippen molar-refractivity contribution in [1.82, 2.24) is 0 Å². The van der Waals surface area contributed by atoms with Crippen LogP contribution in [0.4, 0.5) is 0 Å². The molecule has 0 amide bonds. The first kappa shape index (κ1) is 43.5. The van der Waals surface area contributed by atoms with Crippen LogP contribution in [0.5, 0.6) is 0 Å². The quantitative estimate of drug-likeness (QED) is 0.171. The maximum atomic E-state index is 14.8. The van der Waals surface area contributed by atoms with Gasteiger partial charge in [0.15, 0.2) is 30.6 Å². The maximum absolute atomic E-state index is 14.8. The van der Waals surface area contributed by atoms with Crippen LogP contribution in [0.3, 0.4) is 0 Å². The Kier molecular flexibility index (Phi) is 10.7. The Morgan fingerprint density at radius 1 is 0.690 bits per heavy atom. The summed E-state index contributed by atoms with van der Waals surface area (Å²) in [5, 5.41) is 83.0. The highest BCUT2D eigenvalue weighted by Crippen LogP contribution is 2.75. The Morgan fingerprint density at radius 2 is 1.28 bits per heavy atom. The van der Waals surface area contributed by atoms with Gasteiger partial charge in [-0.2, -0.15) is 0 Å². The molecule has 0 spiro atoms. The molecule has 2 heterocycles. The van der Waals surface area contributed by atoms with E-state index in [1.165, 1.54) is 0 Å². The number of carboxylic acids is 3. The smallest absolute Gasteiger partial charge is 0.335 e. The number of carbonyl (C=O) groups is 4. The molecule has 16 heteroatoms. The van der Waals surface area contributed by atoms with E-state index in [2.05, 4.69) is 27.7 Å². The molecule has 7 rings (SSSR count). The molecule has 0 aromatic carbocycles. The average Bonchev–Trinajstić information content (AvgIpc) is 3.13. The fourth-order valence-electron chi connectivity index (χ4n) is 13.4. The van der Waals surface area contributed by atoms with E-state index < -0.39 is 107 Å². The number of hydrogen-bond donors (Lipinski definition) is 8. The summed E-state index contributed by atoms with van der Waals surface area (Å²) in [7, 11) is 0. The van der Waals surface area contributed by atoms with Crippen molar-refractivity contribution in [3.63, 3.8) is 0 Å². The van der Waals surface area contributed by atoms with E-state index in [1.807, 2.05) is 26.8 Å². The molecule has 58 heavy (non-hydrogen) atoms. The van der Waals surface area contributed by atoms with Gasteiger partial charge in [0, 0.05) is 5.92 Å². The van der Waals surface area contributed by atoms with E-state index in [-0.39, 0.29) is 34.4 Å². The number of ketones is 1. The Hall–Kier alpha value is -2.54. The third-order valence-corrected chi connectivity index (χ3v) is 17.2. The third kappa shape index (κ3) is 6.25. The highest BCUT2D eigenvalue weighted by molar-refractivity contribution is 5.95. The fourth-order valence-corrected chi connectivity index (χ4v) is 13.4. The zero-order valence-corrected chi connectivity index (χ0v) is 34.4. The molecule has 0 radical (unpaired) electrons. The van der Waals surface area contributed by atoms with Crippen molar-refractivity contribution >= 4 is 23.7 Å². The molecule has 19 atom stereocenters. The van der Waals surface area contributed by atoms with Crippen LogP contribution in [0, 0.1) is 50.2 Å². The minimum Gasteiger partial charge on any atom is -0.481 e. The van der Waals surface area contributed by atoms with E-state index in [0.717, 1.165) is 37.7 Å². The summed E-state index contributed by atoms with van der Waals surface area (Å²) < 4.78 is 23.4. The number of allylic oxidation sites excluding steroid dienone is 2. The van der Waals surface area contributed by atoms with Crippen molar-refractivity contribution in [2.24, 2.45) is 50.2 Å². The summed E-state index contributed by atoms with van der Waals surface area (Å²) in [6.45, 7) is 14.8. The second kappa shape index (κ2) is 14.3. The van der Waals surface area contributed by atoms with Crippen LogP contribution in [0.2, 0.25) is 0 Å². The Balaban J connectivity index is 1.17. The van der Waals surface area contributed by atoms with Gasteiger partial charge < -0.3 is 59.8 Å². The minimum absolute atomic E-state index is 0.0217. The normalized spacial score (nSPS) is 52.6. The predicted molar refractivity (Wildman–Crippen MR) is 199 cm³/mol. The zero-order chi connectivity index (χ0) is 42.9. The van der Waals surface area contributed by atoms with Crippen molar-refractivity contribution in [2.45, 2.75) is 174 Å². The van der Waals surface area contributed by atoms with E-state index >= 15 is 0 Å². The van der Waals surface area contributed by atoms with E-state index in [0.29, 0.717) is 25.7 Å². The van der Waals surface area contributed by atoms with Crippen LogP contribution in [0.1, 0.15) is 106 Å². The number of carboxylic acid groups (broad SMARTS) is 3. The maximum Gasteiger partial charge on any atom is 0.335 e.